The van der Waals surface area contributed by atoms with E-state index in [2.05, 4.69) is 9.62 Å². The van der Waals surface area contributed by atoms with Crippen molar-refractivity contribution in [3.63, 3.8) is 0 Å². The van der Waals surface area contributed by atoms with Gasteiger partial charge in [0.15, 0.2) is 0 Å². The molecule has 0 unspecified atom stereocenters. The molecule has 7 heteroatoms. The van der Waals surface area contributed by atoms with Crippen LogP contribution in [-0.2, 0) is 16.6 Å². The first kappa shape index (κ1) is 22.3. The van der Waals surface area contributed by atoms with E-state index in [0.29, 0.717) is 12.3 Å². The highest BCUT2D eigenvalue weighted by atomic mass is 32.2. The van der Waals surface area contributed by atoms with Crippen molar-refractivity contribution in [1.29, 1.82) is 0 Å². The van der Waals surface area contributed by atoms with Crippen LogP contribution in [0.5, 0.6) is 5.75 Å². The number of ether oxygens (including phenoxy) is 1. The number of methoxy groups -OCH3 is 1. The number of nitrogens with one attached hydrogen (secondary N) is 1. The van der Waals surface area contributed by atoms with Crippen LogP contribution in [-0.4, -0.2) is 21.8 Å². The van der Waals surface area contributed by atoms with Gasteiger partial charge in [-0.15, -0.1) is 0 Å². The molecule has 0 saturated heterocycles. The molecular weight excluding hydrogens is 427 g/mol. The predicted molar refractivity (Wildman–Crippen MR) is 125 cm³/mol. The lowest BCUT2D eigenvalue weighted by Gasteiger charge is -2.47. The summed E-state index contributed by atoms with van der Waals surface area (Å²) in [5, 5.41) is 0. The molecule has 1 N–H and O–H groups in total. The molecule has 3 aromatic rings. The summed E-state index contributed by atoms with van der Waals surface area (Å²) in [4.78, 5) is 2.23. The Balaban J connectivity index is 1.90. The van der Waals surface area contributed by atoms with Crippen molar-refractivity contribution in [2.24, 2.45) is 5.92 Å². The molecule has 1 aliphatic rings. The summed E-state index contributed by atoms with van der Waals surface area (Å²) >= 11 is 0. The number of fused-ring (bicyclic) bond motifs is 1. The lowest BCUT2D eigenvalue weighted by molar-refractivity contribution is 0.327. The van der Waals surface area contributed by atoms with Crippen LogP contribution < -0.4 is 14.4 Å². The molecule has 4 rings (SSSR count). The first-order valence-corrected chi connectivity index (χ1v) is 12.4. The van der Waals surface area contributed by atoms with Crippen LogP contribution in [0, 0.1) is 11.7 Å². The predicted octanol–water partition coefficient (Wildman–Crippen LogP) is 4.82. The third-order valence-electron chi connectivity index (χ3n) is 5.96. The van der Waals surface area contributed by atoms with Gasteiger partial charge in [-0.25, -0.2) is 17.5 Å². The maximum absolute atomic E-state index is 13.9. The van der Waals surface area contributed by atoms with Crippen LogP contribution in [0.1, 0.15) is 35.7 Å². The molecule has 0 aliphatic carbocycles. The fourth-order valence-electron chi connectivity index (χ4n) is 4.62. The average molecular weight is 455 g/mol. The van der Waals surface area contributed by atoms with E-state index in [1.807, 2.05) is 61.5 Å². The highest BCUT2D eigenvalue weighted by Gasteiger charge is 2.40. The largest absolute Gasteiger partial charge is 0.497 e. The van der Waals surface area contributed by atoms with Crippen LogP contribution in [0.15, 0.2) is 72.8 Å². The Hall–Kier alpha value is -2.90. The number of rotatable bonds is 6. The number of benzene rings is 3. The highest BCUT2D eigenvalue weighted by molar-refractivity contribution is 7.88. The Bertz CT molecular complexity index is 1200. The lowest BCUT2D eigenvalue weighted by Crippen LogP contribution is -2.45. The van der Waals surface area contributed by atoms with Gasteiger partial charge in [0.25, 0.3) is 0 Å². The van der Waals surface area contributed by atoms with Crippen LogP contribution >= 0.6 is 0 Å². The Morgan fingerprint density at radius 1 is 1.03 bits per heavy atom. The van der Waals surface area contributed by atoms with Gasteiger partial charge < -0.3 is 9.64 Å². The molecule has 1 aliphatic heterocycles. The van der Waals surface area contributed by atoms with Gasteiger partial charge in [-0.05, 0) is 47.0 Å². The number of hydrogen-bond donors (Lipinski definition) is 1. The molecule has 3 atom stereocenters. The minimum Gasteiger partial charge on any atom is -0.497 e. The summed E-state index contributed by atoms with van der Waals surface area (Å²) in [6, 6.07) is 21.7. The fourth-order valence-corrected chi connectivity index (χ4v) is 5.42. The van der Waals surface area contributed by atoms with Crippen molar-refractivity contribution in [2.75, 3.05) is 18.3 Å². The summed E-state index contributed by atoms with van der Waals surface area (Å²) < 4.78 is 46.7. The lowest BCUT2D eigenvalue weighted by atomic mass is 9.79. The quantitative estimate of drug-likeness (QED) is 0.580. The van der Waals surface area contributed by atoms with E-state index in [1.54, 1.807) is 13.2 Å². The summed E-state index contributed by atoms with van der Waals surface area (Å²) in [5.74, 6) is 0.260. The zero-order valence-electron chi connectivity index (χ0n) is 18.3. The first-order chi connectivity index (χ1) is 15.3. The Morgan fingerprint density at radius 2 is 1.78 bits per heavy atom. The highest BCUT2D eigenvalue weighted by Crippen LogP contribution is 2.49. The molecule has 0 spiro atoms. The van der Waals surface area contributed by atoms with E-state index in [4.69, 9.17) is 4.74 Å². The normalized spacial score (nSPS) is 20.6. The zero-order valence-corrected chi connectivity index (χ0v) is 19.1. The standard InChI is InChI=1S/C25H27FN2O3S/c1-17-24(27-32(3,29)30)22-15-21(31-2)12-13-23(22)28(16-18-8-7-11-20(26)14-18)25(17)19-9-5-4-6-10-19/h4-15,17,24-25,27H,16H2,1-3H3/t17-,24-,25-/m0/s1. The van der Waals surface area contributed by atoms with E-state index < -0.39 is 16.1 Å². The number of sulfonamides is 1. The second kappa shape index (κ2) is 8.92. The number of hydrogen-bond acceptors (Lipinski definition) is 4. The van der Waals surface area contributed by atoms with Crippen molar-refractivity contribution in [2.45, 2.75) is 25.6 Å². The second-order valence-corrected chi connectivity index (χ2v) is 10.0. The van der Waals surface area contributed by atoms with Gasteiger partial charge in [-0.3, -0.25) is 0 Å². The van der Waals surface area contributed by atoms with Crippen molar-refractivity contribution < 1.29 is 17.5 Å². The molecule has 3 aromatic carbocycles. The number of anilines is 1. The van der Waals surface area contributed by atoms with E-state index >= 15 is 0 Å². The van der Waals surface area contributed by atoms with E-state index in [-0.39, 0.29) is 17.8 Å². The summed E-state index contributed by atoms with van der Waals surface area (Å²) in [5.41, 5.74) is 3.64. The number of halogens is 1. The maximum Gasteiger partial charge on any atom is 0.209 e. The zero-order chi connectivity index (χ0) is 22.9. The van der Waals surface area contributed by atoms with E-state index in [9.17, 15) is 12.8 Å². The molecule has 0 saturated carbocycles. The minimum atomic E-state index is -3.47. The molecule has 0 fully saturated rings. The topological polar surface area (TPSA) is 58.6 Å². The summed E-state index contributed by atoms with van der Waals surface area (Å²) in [6.45, 7) is 2.52. The van der Waals surface area contributed by atoms with Gasteiger partial charge >= 0.3 is 0 Å². The van der Waals surface area contributed by atoms with Gasteiger partial charge in [-0.2, -0.15) is 0 Å². The second-order valence-electron chi connectivity index (χ2n) is 8.26. The monoisotopic (exact) mass is 454 g/mol. The van der Waals surface area contributed by atoms with E-state index in [1.165, 1.54) is 18.4 Å². The summed E-state index contributed by atoms with van der Waals surface area (Å²) in [6.07, 6.45) is 1.18. The third-order valence-corrected chi connectivity index (χ3v) is 6.64. The summed E-state index contributed by atoms with van der Waals surface area (Å²) in [7, 11) is -1.88. The van der Waals surface area contributed by atoms with Gasteiger partial charge in [0, 0.05) is 18.2 Å². The van der Waals surface area contributed by atoms with Crippen molar-refractivity contribution in [3.8, 4) is 5.75 Å². The minimum absolute atomic E-state index is 0.111. The molecule has 32 heavy (non-hydrogen) atoms. The van der Waals surface area contributed by atoms with Gasteiger partial charge in [0.2, 0.25) is 10.0 Å². The van der Waals surface area contributed by atoms with Crippen LogP contribution in [0.3, 0.4) is 0 Å². The maximum atomic E-state index is 13.9. The van der Waals surface area contributed by atoms with Crippen molar-refractivity contribution in [1.82, 2.24) is 4.72 Å². The number of nitrogens with zero attached hydrogens (tertiary/aromatic N) is 1. The first-order valence-electron chi connectivity index (χ1n) is 10.5. The molecule has 168 valence electrons. The smallest absolute Gasteiger partial charge is 0.209 e. The van der Waals surface area contributed by atoms with Crippen LogP contribution in [0.2, 0.25) is 0 Å². The molecule has 0 bridgehead atoms. The Morgan fingerprint density at radius 3 is 2.44 bits per heavy atom. The Labute approximate surface area is 188 Å². The molecule has 0 radical (unpaired) electrons. The van der Waals surface area contributed by atoms with Gasteiger partial charge in [-0.1, -0.05) is 49.4 Å². The van der Waals surface area contributed by atoms with Gasteiger partial charge in [0.1, 0.15) is 11.6 Å². The Kier molecular flexibility index (Phi) is 6.22. The van der Waals surface area contributed by atoms with E-state index in [0.717, 1.165) is 22.4 Å². The molecular formula is C25H27FN2O3S. The SMILES string of the molecule is COc1ccc2c(c1)[C@@H](NS(C)(=O)=O)[C@H](C)[C@@H](c1ccccc1)N2Cc1cccc(F)c1. The molecule has 1 heterocycles. The molecule has 5 nitrogen and oxygen atoms in total. The molecule has 0 amide bonds. The average Bonchev–Trinajstić information content (AvgIpc) is 2.76. The van der Waals surface area contributed by atoms with Gasteiger partial charge in [0.05, 0.1) is 25.4 Å². The van der Waals surface area contributed by atoms with Crippen LogP contribution in [0.25, 0.3) is 0 Å². The van der Waals surface area contributed by atoms with Crippen molar-refractivity contribution >= 4 is 15.7 Å². The van der Waals surface area contributed by atoms with Crippen molar-refractivity contribution in [3.05, 3.63) is 95.3 Å². The molecule has 0 aromatic heterocycles. The third kappa shape index (κ3) is 4.64. The van der Waals surface area contributed by atoms with Crippen LogP contribution in [0.4, 0.5) is 10.1 Å². The fraction of sp³-hybridized carbons (Fsp3) is 0.280.